The minimum Gasteiger partial charge on any atom is -0.252 e. The molecule has 0 aliphatic carbocycles. The average molecular weight is 209 g/mol. The van der Waals surface area contributed by atoms with E-state index in [0.717, 1.165) is 25.1 Å². The summed E-state index contributed by atoms with van der Waals surface area (Å²) in [4.78, 5) is 0. The number of aromatic nitrogens is 3. The summed E-state index contributed by atoms with van der Waals surface area (Å²) in [5.41, 5.74) is 1.13. The molecule has 0 radical (unpaired) electrons. The fraction of sp³-hybridized carbons (Fsp3) is 0.833. The number of hydrogen-bond donors (Lipinski definition) is 0. The highest BCUT2D eigenvalue weighted by Gasteiger charge is 1.98. The molecular weight excluding hydrogens is 186 g/mol. The standard InChI is InChI=1S/C12H23N3/c1-3-5-6-7-8-10-15-11-12(9-4-2)13-14-15/h11H,3-10H2,1-2H3. The normalized spacial score (nSPS) is 10.8. The quantitative estimate of drug-likeness (QED) is 0.615. The Morgan fingerprint density at radius 2 is 1.87 bits per heavy atom. The summed E-state index contributed by atoms with van der Waals surface area (Å²) in [5.74, 6) is 0. The predicted molar refractivity (Wildman–Crippen MR) is 62.8 cm³/mol. The van der Waals surface area contributed by atoms with Crippen molar-refractivity contribution in [2.75, 3.05) is 0 Å². The van der Waals surface area contributed by atoms with E-state index in [9.17, 15) is 0 Å². The molecule has 86 valence electrons. The summed E-state index contributed by atoms with van der Waals surface area (Å²) in [7, 11) is 0. The van der Waals surface area contributed by atoms with E-state index < -0.39 is 0 Å². The molecule has 0 atom stereocenters. The second-order valence-corrected chi connectivity index (χ2v) is 4.14. The van der Waals surface area contributed by atoms with Crippen molar-refractivity contribution in [2.24, 2.45) is 0 Å². The molecule has 0 saturated heterocycles. The minimum atomic E-state index is 1.03. The van der Waals surface area contributed by atoms with Crippen LogP contribution in [0.2, 0.25) is 0 Å². The fourth-order valence-corrected chi connectivity index (χ4v) is 1.70. The van der Waals surface area contributed by atoms with E-state index >= 15 is 0 Å². The van der Waals surface area contributed by atoms with Gasteiger partial charge in [0.1, 0.15) is 0 Å². The first kappa shape index (κ1) is 12.2. The van der Waals surface area contributed by atoms with Gasteiger partial charge in [-0.15, -0.1) is 5.10 Å². The SMILES string of the molecule is CCCCCCCn1cc(CCC)nn1. The Hall–Kier alpha value is -0.860. The van der Waals surface area contributed by atoms with Gasteiger partial charge < -0.3 is 0 Å². The van der Waals surface area contributed by atoms with Gasteiger partial charge in [0.05, 0.1) is 5.69 Å². The molecule has 0 aromatic carbocycles. The summed E-state index contributed by atoms with van der Waals surface area (Å²) in [6.07, 6.45) is 10.9. The zero-order chi connectivity index (χ0) is 10.9. The van der Waals surface area contributed by atoms with Crippen molar-refractivity contribution in [3.05, 3.63) is 11.9 Å². The number of nitrogens with zero attached hydrogens (tertiary/aromatic N) is 3. The van der Waals surface area contributed by atoms with Crippen LogP contribution in [0.3, 0.4) is 0 Å². The lowest BCUT2D eigenvalue weighted by Crippen LogP contribution is -1.98. The molecule has 1 heterocycles. The van der Waals surface area contributed by atoms with Crippen molar-refractivity contribution in [3.63, 3.8) is 0 Å². The zero-order valence-corrected chi connectivity index (χ0v) is 10.1. The molecule has 0 saturated carbocycles. The molecule has 0 aliphatic rings. The third-order valence-electron chi connectivity index (χ3n) is 2.58. The van der Waals surface area contributed by atoms with Crippen LogP contribution in [0.25, 0.3) is 0 Å². The maximum atomic E-state index is 4.13. The third kappa shape index (κ3) is 4.96. The van der Waals surface area contributed by atoms with Gasteiger partial charge in [0.2, 0.25) is 0 Å². The first-order chi connectivity index (χ1) is 7.36. The van der Waals surface area contributed by atoms with Crippen molar-refractivity contribution >= 4 is 0 Å². The van der Waals surface area contributed by atoms with Crippen LogP contribution < -0.4 is 0 Å². The molecule has 3 heteroatoms. The highest BCUT2D eigenvalue weighted by molar-refractivity contribution is 4.91. The number of hydrogen-bond acceptors (Lipinski definition) is 2. The average Bonchev–Trinajstić information content (AvgIpc) is 2.66. The fourth-order valence-electron chi connectivity index (χ4n) is 1.70. The largest absolute Gasteiger partial charge is 0.252 e. The molecule has 0 fully saturated rings. The molecule has 15 heavy (non-hydrogen) atoms. The Kier molecular flexibility index (Phi) is 6.05. The van der Waals surface area contributed by atoms with Gasteiger partial charge in [-0.1, -0.05) is 51.2 Å². The first-order valence-electron chi connectivity index (χ1n) is 6.25. The van der Waals surface area contributed by atoms with E-state index in [1.54, 1.807) is 0 Å². The molecule has 0 unspecified atom stereocenters. The summed E-state index contributed by atoms with van der Waals surface area (Å²) in [6, 6.07) is 0. The summed E-state index contributed by atoms with van der Waals surface area (Å²) in [6.45, 7) is 5.44. The maximum Gasteiger partial charge on any atom is 0.0827 e. The van der Waals surface area contributed by atoms with E-state index in [2.05, 4.69) is 30.4 Å². The Morgan fingerprint density at radius 3 is 2.60 bits per heavy atom. The molecule has 0 bridgehead atoms. The van der Waals surface area contributed by atoms with E-state index in [4.69, 9.17) is 0 Å². The van der Waals surface area contributed by atoms with Crippen molar-refractivity contribution < 1.29 is 0 Å². The highest BCUT2D eigenvalue weighted by Crippen LogP contribution is 2.04. The first-order valence-corrected chi connectivity index (χ1v) is 6.25. The van der Waals surface area contributed by atoms with Crippen LogP contribution in [-0.2, 0) is 13.0 Å². The van der Waals surface area contributed by atoms with Gasteiger partial charge in [0, 0.05) is 12.7 Å². The summed E-state index contributed by atoms with van der Waals surface area (Å²) < 4.78 is 1.98. The highest BCUT2D eigenvalue weighted by atomic mass is 15.4. The van der Waals surface area contributed by atoms with Crippen LogP contribution in [-0.4, -0.2) is 15.0 Å². The van der Waals surface area contributed by atoms with Crippen LogP contribution in [0.4, 0.5) is 0 Å². The Labute approximate surface area is 92.9 Å². The molecule has 1 aromatic rings. The Balaban J connectivity index is 2.14. The van der Waals surface area contributed by atoms with Crippen LogP contribution in [0.1, 0.15) is 58.1 Å². The van der Waals surface area contributed by atoms with Gasteiger partial charge in [-0.25, -0.2) is 0 Å². The van der Waals surface area contributed by atoms with Crippen molar-refractivity contribution in [1.29, 1.82) is 0 Å². The van der Waals surface area contributed by atoms with Gasteiger partial charge in [0.15, 0.2) is 0 Å². The van der Waals surface area contributed by atoms with Gasteiger partial charge in [-0.3, -0.25) is 4.68 Å². The maximum absolute atomic E-state index is 4.13. The van der Waals surface area contributed by atoms with Gasteiger partial charge in [0.25, 0.3) is 0 Å². The molecule has 0 N–H and O–H groups in total. The number of aryl methyl sites for hydroxylation is 2. The topological polar surface area (TPSA) is 30.7 Å². The Bertz CT molecular complexity index is 255. The molecule has 0 spiro atoms. The van der Waals surface area contributed by atoms with Crippen molar-refractivity contribution in [3.8, 4) is 0 Å². The second-order valence-electron chi connectivity index (χ2n) is 4.14. The zero-order valence-electron chi connectivity index (χ0n) is 10.1. The van der Waals surface area contributed by atoms with Gasteiger partial charge in [-0.05, 0) is 12.8 Å². The van der Waals surface area contributed by atoms with E-state index in [1.165, 1.54) is 32.1 Å². The molecule has 3 nitrogen and oxygen atoms in total. The van der Waals surface area contributed by atoms with Crippen LogP contribution in [0.15, 0.2) is 6.20 Å². The lowest BCUT2D eigenvalue weighted by Gasteiger charge is -1.99. The number of unbranched alkanes of at least 4 members (excludes halogenated alkanes) is 4. The Morgan fingerprint density at radius 1 is 1.07 bits per heavy atom. The lowest BCUT2D eigenvalue weighted by molar-refractivity contribution is 0.521. The molecule has 0 amide bonds. The van der Waals surface area contributed by atoms with Crippen molar-refractivity contribution in [1.82, 2.24) is 15.0 Å². The van der Waals surface area contributed by atoms with Crippen LogP contribution in [0.5, 0.6) is 0 Å². The van der Waals surface area contributed by atoms with Crippen LogP contribution >= 0.6 is 0 Å². The summed E-state index contributed by atoms with van der Waals surface area (Å²) in [5, 5.41) is 8.25. The number of rotatable bonds is 8. The minimum absolute atomic E-state index is 1.03. The van der Waals surface area contributed by atoms with E-state index in [0.29, 0.717) is 0 Å². The predicted octanol–water partition coefficient (Wildman–Crippen LogP) is 3.20. The van der Waals surface area contributed by atoms with Gasteiger partial charge >= 0.3 is 0 Å². The molecule has 0 aliphatic heterocycles. The van der Waals surface area contributed by atoms with Gasteiger partial charge in [-0.2, -0.15) is 0 Å². The monoisotopic (exact) mass is 209 g/mol. The lowest BCUT2D eigenvalue weighted by atomic mass is 10.1. The van der Waals surface area contributed by atoms with Crippen LogP contribution in [0, 0.1) is 0 Å². The second kappa shape index (κ2) is 7.43. The summed E-state index contributed by atoms with van der Waals surface area (Å²) >= 11 is 0. The van der Waals surface area contributed by atoms with E-state index in [-0.39, 0.29) is 0 Å². The molecular formula is C12H23N3. The third-order valence-corrected chi connectivity index (χ3v) is 2.58. The smallest absolute Gasteiger partial charge is 0.0827 e. The molecule has 1 rings (SSSR count). The molecule has 1 aromatic heterocycles. The van der Waals surface area contributed by atoms with Crippen molar-refractivity contribution in [2.45, 2.75) is 65.3 Å². The van der Waals surface area contributed by atoms with E-state index in [1.807, 2.05) is 4.68 Å².